The molecule has 2 heterocycles. The molecule has 9 nitrogen and oxygen atoms in total. The number of piperidine rings is 1. The van der Waals surface area contributed by atoms with Crippen LogP contribution < -0.4 is 15.4 Å². The average Bonchev–Trinajstić information content (AvgIpc) is 3.07. The van der Waals surface area contributed by atoms with Crippen LogP contribution in [0.3, 0.4) is 0 Å². The van der Waals surface area contributed by atoms with Gasteiger partial charge in [-0.05, 0) is 48.4 Å². The van der Waals surface area contributed by atoms with Gasteiger partial charge in [0.1, 0.15) is 11.8 Å². The Morgan fingerprint density at radius 2 is 1.78 bits per heavy atom. The second-order valence-electron chi connectivity index (χ2n) is 8.10. The highest BCUT2D eigenvalue weighted by Crippen LogP contribution is 2.30. The van der Waals surface area contributed by atoms with Gasteiger partial charge < -0.3 is 10.1 Å². The number of benzene rings is 2. The number of carbonyl (C=O) groups excluding carboxylic acids is 5. The number of carbonyl (C=O) groups is 5. The first-order valence-electron chi connectivity index (χ1n) is 10.7. The number of alkyl halides is 3. The lowest BCUT2D eigenvalue weighted by molar-refractivity contribution is -0.197. The van der Waals surface area contributed by atoms with E-state index in [-0.39, 0.29) is 41.8 Å². The van der Waals surface area contributed by atoms with Crippen LogP contribution in [-0.4, -0.2) is 52.5 Å². The summed E-state index contributed by atoms with van der Waals surface area (Å²) in [6.07, 6.45) is -4.01. The molecule has 0 radical (unpaired) electrons. The Morgan fingerprint density at radius 3 is 2.42 bits per heavy atom. The van der Waals surface area contributed by atoms with Crippen molar-refractivity contribution in [2.45, 2.75) is 37.4 Å². The smallest absolute Gasteiger partial charge is 0.430 e. The molecule has 0 aliphatic carbocycles. The maximum Gasteiger partial charge on any atom is 0.433 e. The topological polar surface area (TPSA) is 122 Å². The van der Waals surface area contributed by atoms with Crippen LogP contribution in [0.4, 0.5) is 13.2 Å². The summed E-state index contributed by atoms with van der Waals surface area (Å²) < 4.78 is 43.8. The Labute approximate surface area is 204 Å². The molecule has 2 aliphatic rings. The molecule has 1 saturated heterocycles. The molecule has 3 unspecified atom stereocenters. The maximum absolute atomic E-state index is 13.3. The summed E-state index contributed by atoms with van der Waals surface area (Å²) in [6, 6.07) is 7.93. The summed E-state index contributed by atoms with van der Waals surface area (Å²) in [5, 5.41) is 4.72. The summed E-state index contributed by atoms with van der Waals surface area (Å²) in [7, 11) is 1.31. The molecule has 2 aliphatic heterocycles. The van der Waals surface area contributed by atoms with Crippen LogP contribution >= 0.6 is 9.24 Å². The number of amides is 5. The zero-order chi connectivity index (χ0) is 26.2. The number of ether oxygens (including phenoxy) is 1. The summed E-state index contributed by atoms with van der Waals surface area (Å²) >= 11 is 0. The van der Waals surface area contributed by atoms with E-state index in [9.17, 15) is 37.1 Å². The molecule has 0 spiro atoms. The number of nitrogens with one attached hydrogen (secondary N) is 2. The quantitative estimate of drug-likeness (QED) is 0.426. The van der Waals surface area contributed by atoms with Crippen molar-refractivity contribution in [3.63, 3.8) is 0 Å². The number of rotatable bonds is 7. The van der Waals surface area contributed by atoms with Gasteiger partial charge in [0.25, 0.3) is 17.7 Å². The molecule has 188 valence electrons. The van der Waals surface area contributed by atoms with Gasteiger partial charge >= 0.3 is 6.11 Å². The molecule has 5 amide bonds. The highest BCUT2D eigenvalue weighted by atomic mass is 31.0. The molecular formula is C23H19F3N3O6P. The van der Waals surface area contributed by atoms with Crippen LogP contribution in [0, 0.1) is 0 Å². The van der Waals surface area contributed by atoms with E-state index in [0.29, 0.717) is 5.56 Å². The maximum atomic E-state index is 13.3. The Kier molecular flexibility index (Phi) is 6.81. The minimum atomic E-state index is -4.05. The van der Waals surface area contributed by atoms with Crippen molar-refractivity contribution in [2.75, 3.05) is 0 Å². The zero-order valence-electron chi connectivity index (χ0n) is 18.4. The average molecular weight is 521 g/mol. The third-order valence-corrected chi connectivity index (χ3v) is 6.04. The van der Waals surface area contributed by atoms with Crippen LogP contribution in [0.15, 0.2) is 42.5 Å². The molecule has 1 fully saturated rings. The van der Waals surface area contributed by atoms with Crippen LogP contribution in [0.1, 0.15) is 49.5 Å². The number of hydrogen-bond acceptors (Lipinski definition) is 6. The van der Waals surface area contributed by atoms with Gasteiger partial charge in [-0.3, -0.25) is 34.2 Å². The van der Waals surface area contributed by atoms with Gasteiger partial charge in [-0.25, -0.2) is 4.39 Å². The largest absolute Gasteiger partial charge is 0.433 e. The lowest BCUT2D eigenvalue weighted by Gasteiger charge is -2.27. The molecular weight excluding hydrogens is 502 g/mol. The third-order valence-electron chi connectivity index (χ3n) is 5.65. The standard InChI is InChI=1S/C23H19F3N3O6P/c24-22(36)23(25,26)35-13-4-2-12(3-5-13)18(31)27-10-11-1-6-14-15(9-11)21(34)29(20(14)33)16-7-8-17(30)28-19(16)32/h1-6,9,16,22H,7-8,10,36H2,(H,27,31)(H,28,30,32). The Morgan fingerprint density at radius 1 is 1.11 bits per heavy atom. The molecule has 3 atom stereocenters. The van der Waals surface area contributed by atoms with Gasteiger partial charge in [-0.2, -0.15) is 8.78 Å². The lowest BCUT2D eigenvalue weighted by Crippen LogP contribution is -2.54. The minimum absolute atomic E-state index is 0.00463. The SMILES string of the molecule is O=C1CCC(N2C(=O)c3ccc(CNC(=O)c4ccc(OC(F)(F)C(F)P)cc4)cc3C2=O)C(=O)N1. The van der Waals surface area contributed by atoms with E-state index < -0.39 is 47.6 Å². The van der Waals surface area contributed by atoms with Crippen molar-refractivity contribution in [3.05, 3.63) is 64.7 Å². The minimum Gasteiger partial charge on any atom is -0.430 e. The molecule has 13 heteroatoms. The van der Waals surface area contributed by atoms with E-state index in [4.69, 9.17) is 0 Å². The van der Waals surface area contributed by atoms with E-state index >= 15 is 0 Å². The predicted molar refractivity (Wildman–Crippen MR) is 121 cm³/mol. The van der Waals surface area contributed by atoms with Crippen molar-refractivity contribution >= 4 is 38.8 Å². The fourth-order valence-electron chi connectivity index (χ4n) is 3.80. The number of fused-ring (bicyclic) bond motifs is 1. The fraction of sp³-hybridized carbons (Fsp3) is 0.261. The molecule has 2 aromatic rings. The second-order valence-corrected chi connectivity index (χ2v) is 8.69. The number of hydrogen-bond donors (Lipinski definition) is 2. The van der Waals surface area contributed by atoms with Crippen molar-refractivity contribution < 1.29 is 41.9 Å². The van der Waals surface area contributed by atoms with Crippen molar-refractivity contribution in [3.8, 4) is 5.75 Å². The third kappa shape index (κ3) is 4.94. The monoisotopic (exact) mass is 521 g/mol. The van der Waals surface area contributed by atoms with Gasteiger partial charge in [0.2, 0.25) is 17.7 Å². The molecule has 0 bridgehead atoms. The lowest BCUT2D eigenvalue weighted by atomic mass is 10.0. The molecule has 2 N–H and O–H groups in total. The summed E-state index contributed by atoms with van der Waals surface area (Å²) in [5.41, 5.74) is 0.777. The summed E-state index contributed by atoms with van der Waals surface area (Å²) in [6.45, 7) is -0.0289. The number of imide groups is 2. The molecule has 0 saturated carbocycles. The normalized spacial score (nSPS) is 18.6. The van der Waals surface area contributed by atoms with Crippen LogP contribution in [-0.2, 0) is 16.1 Å². The van der Waals surface area contributed by atoms with E-state index in [0.717, 1.165) is 17.0 Å². The molecule has 0 aromatic heterocycles. The molecule has 36 heavy (non-hydrogen) atoms. The fourth-order valence-corrected chi connectivity index (χ4v) is 3.87. The first-order chi connectivity index (χ1) is 17.0. The Balaban J connectivity index is 1.41. The van der Waals surface area contributed by atoms with Crippen LogP contribution in [0.2, 0.25) is 0 Å². The van der Waals surface area contributed by atoms with Crippen molar-refractivity contribution in [2.24, 2.45) is 0 Å². The van der Waals surface area contributed by atoms with Crippen LogP contribution in [0.25, 0.3) is 0 Å². The number of halogens is 3. The summed E-state index contributed by atoms with van der Waals surface area (Å²) in [4.78, 5) is 62.4. The Hall–Kier alpha value is -3.79. The van der Waals surface area contributed by atoms with Gasteiger partial charge in [0.15, 0.2) is 0 Å². The van der Waals surface area contributed by atoms with E-state index in [1.807, 2.05) is 0 Å². The van der Waals surface area contributed by atoms with Gasteiger partial charge in [0.05, 0.1) is 11.1 Å². The van der Waals surface area contributed by atoms with E-state index in [1.54, 1.807) is 0 Å². The zero-order valence-corrected chi connectivity index (χ0v) is 19.6. The predicted octanol–water partition coefficient (Wildman–Crippen LogP) is 2.16. The molecule has 4 rings (SSSR count). The molecule has 2 aromatic carbocycles. The summed E-state index contributed by atoms with van der Waals surface area (Å²) in [5.74, 6) is -6.00. The first kappa shape index (κ1) is 25.3. The Bertz CT molecular complexity index is 1270. The van der Waals surface area contributed by atoms with E-state index in [1.165, 1.54) is 39.6 Å². The van der Waals surface area contributed by atoms with Crippen LogP contribution in [0.5, 0.6) is 5.75 Å². The number of nitrogens with zero attached hydrogens (tertiary/aromatic N) is 1. The van der Waals surface area contributed by atoms with E-state index in [2.05, 4.69) is 15.4 Å². The highest BCUT2D eigenvalue weighted by Gasteiger charge is 2.44. The van der Waals surface area contributed by atoms with Crippen molar-refractivity contribution in [1.82, 2.24) is 15.5 Å². The first-order valence-corrected chi connectivity index (χ1v) is 11.3. The van der Waals surface area contributed by atoms with Gasteiger partial charge in [-0.1, -0.05) is 15.3 Å². The van der Waals surface area contributed by atoms with Crippen molar-refractivity contribution in [1.29, 1.82) is 0 Å². The van der Waals surface area contributed by atoms with Gasteiger partial charge in [-0.15, -0.1) is 0 Å². The highest BCUT2D eigenvalue weighted by molar-refractivity contribution is 7.17. The van der Waals surface area contributed by atoms with Gasteiger partial charge in [0, 0.05) is 18.5 Å². The second kappa shape index (κ2) is 9.69.